The normalized spacial score (nSPS) is 15.1. The van der Waals surface area contributed by atoms with Gasteiger partial charge in [-0.05, 0) is 35.1 Å². The molecule has 2 aliphatic carbocycles. The van der Waals surface area contributed by atoms with E-state index in [2.05, 4.69) is 45.2 Å². The van der Waals surface area contributed by atoms with Gasteiger partial charge < -0.3 is 20.5 Å². The van der Waals surface area contributed by atoms with Crippen LogP contribution in [0.5, 0.6) is 0 Å². The second-order valence-corrected chi connectivity index (χ2v) is 8.89. The van der Waals surface area contributed by atoms with E-state index in [-0.39, 0.29) is 31.3 Å². The number of nitrogens with zero attached hydrogens (tertiary/aromatic N) is 3. The lowest BCUT2D eigenvalue weighted by atomic mass is 9.98. The Morgan fingerprint density at radius 2 is 1.69 bits per heavy atom. The maximum absolute atomic E-state index is 12.3. The number of ether oxygens (including phenoxy) is 1. The minimum atomic E-state index is -0.902. The predicted molar refractivity (Wildman–Crippen MR) is 125 cm³/mol. The quantitative estimate of drug-likeness (QED) is 0.432. The van der Waals surface area contributed by atoms with E-state index in [1.165, 1.54) is 22.0 Å². The van der Waals surface area contributed by atoms with Gasteiger partial charge in [-0.25, -0.2) is 9.48 Å². The van der Waals surface area contributed by atoms with Crippen molar-refractivity contribution in [2.75, 3.05) is 19.7 Å². The second-order valence-electron chi connectivity index (χ2n) is 8.89. The average molecular weight is 476 g/mol. The first-order valence-electron chi connectivity index (χ1n) is 11.5. The van der Waals surface area contributed by atoms with Gasteiger partial charge in [-0.15, -0.1) is 5.10 Å². The van der Waals surface area contributed by atoms with Crippen molar-refractivity contribution in [3.8, 4) is 11.1 Å². The van der Waals surface area contributed by atoms with Gasteiger partial charge in [-0.1, -0.05) is 53.7 Å². The van der Waals surface area contributed by atoms with Crippen LogP contribution in [0.2, 0.25) is 0 Å². The third kappa shape index (κ3) is 4.59. The minimum Gasteiger partial charge on any atom is -0.481 e. The molecule has 2 amide bonds. The fraction of sp³-hybridized carbons (Fsp3) is 0.320. The number of aliphatic carboxylic acids is 1. The van der Waals surface area contributed by atoms with Crippen molar-refractivity contribution in [3.63, 3.8) is 0 Å². The Morgan fingerprint density at radius 1 is 1.03 bits per heavy atom. The molecule has 3 aromatic rings. The van der Waals surface area contributed by atoms with Crippen LogP contribution in [0.15, 0.2) is 54.7 Å². The van der Waals surface area contributed by atoms with Crippen molar-refractivity contribution < 1.29 is 24.2 Å². The summed E-state index contributed by atoms with van der Waals surface area (Å²) in [6.45, 7) is 0.829. The average Bonchev–Trinajstić information content (AvgIpc) is 3.41. The number of amides is 2. The second kappa shape index (κ2) is 9.21. The molecule has 1 fully saturated rings. The van der Waals surface area contributed by atoms with Crippen LogP contribution in [0.4, 0.5) is 4.79 Å². The lowest BCUT2D eigenvalue weighted by molar-refractivity contribution is -0.143. The molecule has 0 radical (unpaired) electrons. The van der Waals surface area contributed by atoms with Crippen molar-refractivity contribution in [1.82, 2.24) is 25.6 Å². The Balaban J connectivity index is 1.08. The Labute approximate surface area is 201 Å². The number of hydrogen-bond donors (Lipinski definition) is 3. The van der Waals surface area contributed by atoms with Crippen LogP contribution in [-0.4, -0.2) is 57.8 Å². The zero-order valence-electron chi connectivity index (χ0n) is 18.9. The molecule has 0 spiro atoms. The maximum Gasteiger partial charge on any atom is 0.407 e. The SMILES string of the molecule is O=C(NCCn1cc(C(=O)NCC2(C(=O)O)CC2)nn1)OCC1c2ccccc2-c2ccccc21. The first-order valence-corrected chi connectivity index (χ1v) is 11.5. The molecule has 2 aliphatic rings. The molecule has 1 saturated carbocycles. The summed E-state index contributed by atoms with van der Waals surface area (Å²) in [6.07, 6.45) is 2.02. The van der Waals surface area contributed by atoms with Gasteiger partial charge in [0.1, 0.15) is 6.61 Å². The molecule has 0 saturated heterocycles. The highest BCUT2D eigenvalue weighted by Gasteiger charge is 2.50. The molecule has 5 rings (SSSR count). The minimum absolute atomic E-state index is 0.0135. The summed E-state index contributed by atoms with van der Waals surface area (Å²) in [5.41, 5.74) is 3.86. The van der Waals surface area contributed by atoms with Gasteiger partial charge in [-0.3, -0.25) is 9.59 Å². The number of benzene rings is 2. The summed E-state index contributed by atoms with van der Waals surface area (Å²) in [4.78, 5) is 35.7. The number of hydrogen-bond acceptors (Lipinski definition) is 6. The van der Waals surface area contributed by atoms with Crippen LogP contribution in [-0.2, 0) is 16.1 Å². The molecule has 0 unspecified atom stereocenters. The van der Waals surface area contributed by atoms with E-state index in [4.69, 9.17) is 4.74 Å². The summed E-state index contributed by atoms with van der Waals surface area (Å²) in [7, 11) is 0. The number of carboxylic acids is 1. The Hall–Kier alpha value is -4.21. The summed E-state index contributed by atoms with van der Waals surface area (Å²) < 4.78 is 6.94. The number of nitrogens with one attached hydrogen (secondary N) is 2. The molecular weight excluding hydrogens is 450 g/mol. The third-order valence-electron chi connectivity index (χ3n) is 6.62. The zero-order valence-corrected chi connectivity index (χ0v) is 18.9. The largest absolute Gasteiger partial charge is 0.481 e. The van der Waals surface area contributed by atoms with Gasteiger partial charge in [0, 0.05) is 19.0 Å². The molecule has 35 heavy (non-hydrogen) atoms. The number of aromatic nitrogens is 3. The van der Waals surface area contributed by atoms with Gasteiger partial charge in [-0.2, -0.15) is 0 Å². The van der Waals surface area contributed by atoms with E-state index in [9.17, 15) is 19.5 Å². The van der Waals surface area contributed by atoms with Crippen LogP contribution in [0.3, 0.4) is 0 Å². The monoisotopic (exact) mass is 475 g/mol. The van der Waals surface area contributed by atoms with Gasteiger partial charge in [0.25, 0.3) is 5.91 Å². The van der Waals surface area contributed by atoms with Crippen molar-refractivity contribution >= 4 is 18.0 Å². The molecule has 1 heterocycles. The van der Waals surface area contributed by atoms with E-state index >= 15 is 0 Å². The highest BCUT2D eigenvalue weighted by molar-refractivity contribution is 5.92. The molecule has 1 aromatic heterocycles. The smallest absolute Gasteiger partial charge is 0.407 e. The number of carbonyl (C=O) groups is 3. The van der Waals surface area contributed by atoms with E-state index in [0.717, 1.165) is 11.1 Å². The summed E-state index contributed by atoms with van der Waals surface area (Å²) in [5.74, 6) is -1.39. The first kappa shape index (κ1) is 22.6. The van der Waals surface area contributed by atoms with Crippen molar-refractivity contribution in [2.24, 2.45) is 5.41 Å². The lowest BCUT2D eigenvalue weighted by Gasteiger charge is -2.14. The van der Waals surface area contributed by atoms with E-state index in [1.807, 2.05) is 24.3 Å². The zero-order chi connectivity index (χ0) is 24.4. The molecule has 0 bridgehead atoms. The van der Waals surface area contributed by atoms with Crippen molar-refractivity contribution in [3.05, 3.63) is 71.5 Å². The molecule has 0 atom stereocenters. The van der Waals surface area contributed by atoms with Gasteiger partial charge in [0.05, 0.1) is 18.2 Å². The highest BCUT2D eigenvalue weighted by atomic mass is 16.5. The van der Waals surface area contributed by atoms with Crippen molar-refractivity contribution in [2.45, 2.75) is 25.3 Å². The van der Waals surface area contributed by atoms with Crippen LogP contribution in [0, 0.1) is 5.41 Å². The summed E-state index contributed by atoms with van der Waals surface area (Å²) in [6, 6.07) is 16.3. The van der Waals surface area contributed by atoms with E-state index < -0.39 is 23.4 Å². The number of alkyl carbamates (subject to hydrolysis) is 1. The molecule has 10 nitrogen and oxygen atoms in total. The van der Waals surface area contributed by atoms with E-state index in [0.29, 0.717) is 19.4 Å². The van der Waals surface area contributed by atoms with E-state index in [1.54, 1.807) is 0 Å². The number of carboxylic acid groups (broad SMARTS) is 1. The molecule has 10 heteroatoms. The molecule has 180 valence electrons. The Morgan fingerprint density at radius 3 is 2.31 bits per heavy atom. The molecule has 3 N–H and O–H groups in total. The van der Waals surface area contributed by atoms with Crippen LogP contribution in [0.25, 0.3) is 11.1 Å². The van der Waals surface area contributed by atoms with Crippen molar-refractivity contribution in [1.29, 1.82) is 0 Å². The molecule has 2 aromatic carbocycles. The fourth-order valence-corrected chi connectivity index (χ4v) is 4.39. The summed E-state index contributed by atoms with van der Waals surface area (Å²) >= 11 is 0. The van der Waals surface area contributed by atoms with Gasteiger partial charge in [0.15, 0.2) is 5.69 Å². The van der Waals surface area contributed by atoms with Gasteiger partial charge >= 0.3 is 12.1 Å². The topological polar surface area (TPSA) is 135 Å². The standard InChI is InChI=1S/C25H25N5O5/c31-22(27-15-25(9-10-25)23(32)33)21-13-30(29-28-21)12-11-26-24(34)35-14-20-18-7-3-1-5-16(18)17-6-2-4-8-19(17)20/h1-8,13,20H,9-12,14-15H2,(H,26,34)(H,27,31)(H,32,33). The van der Waals surface area contributed by atoms with Crippen LogP contribution < -0.4 is 10.6 Å². The first-order chi connectivity index (χ1) is 17.0. The third-order valence-corrected chi connectivity index (χ3v) is 6.62. The predicted octanol–water partition coefficient (Wildman–Crippen LogP) is 2.41. The molecular formula is C25H25N5O5. The number of fused-ring (bicyclic) bond motifs is 3. The van der Waals surface area contributed by atoms with Crippen LogP contribution in [0.1, 0.15) is 40.4 Å². The van der Waals surface area contributed by atoms with Crippen LogP contribution >= 0.6 is 0 Å². The summed E-state index contributed by atoms with van der Waals surface area (Å²) in [5, 5.41) is 22.2. The maximum atomic E-state index is 12.3. The molecule has 0 aliphatic heterocycles. The van der Waals surface area contributed by atoms with Gasteiger partial charge in [0.2, 0.25) is 0 Å². The lowest BCUT2D eigenvalue weighted by Crippen LogP contribution is -2.34. The fourth-order valence-electron chi connectivity index (χ4n) is 4.39. The number of rotatable bonds is 9. The number of carbonyl (C=O) groups excluding carboxylic acids is 2. The Bertz CT molecular complexity index is 1240. The highest BCUT2D eigenvalue weighted by Crippen LogP contribution is 2.45. The Kier molecular flexibility index (Phi) is 5.94.